The molecule has 7 heteroatoms. The molecule has 0 saturated carbocycles. The number of hydrogen-bond acceptors (Lipinski definition) is 4. The number of nitrogens with one attached hydrogen (secondary N) is 1. The second kappa shape index (κ2) is 7.21. The van der Waals surface area contributed by atoms with Gasteiger partial charge in [-0.2, -0.15) is 0 Å². The van der Waals surface area contributed by atoms with Gasteiger partial charge in [0.2, 0.25) is 6.41 Å². The Kier molecular flexibility index (Phi) is 4.85. The lowest BCUT2D eigenvalue weighted by molar-refractivity contribution is -0.119. The largest absolute Gasteiger partial charge is 0.486 e. The van der Waals surface area contributed by atoms with Gasteiger partial charge < -0.3 is 24.6 Å². The van der Waals surface area contributed by atoms with Gasteiger partial charge in [0.1, 0.15) is 13.2 Å². The Morgan fingerprint density at radius 3 is 2.61 bits per heavy atom. The first-order chi connectivity index (χ1) is 11.3. The van der Waals surface area contributed by atoms with Crippen molar-refractivity contribution in [3.8, 4) is 11.5 Å². The third kappa shape index (κ3) is 3.85. The van der Waals surface area contributed by atoms with E-state index >= 15 is 0 Å². The maximum absolute atomic E-state index is 12.1. The van der Waals surface area contributed by atoms with Gasteiger partial charge >= 0.3 is 6.03 Å². The summed E-state index contributed by atoms with van der Waals surface area (Å²) < 4.78 is 11.0. The van der Waals surface area contributed by atoms with Gasteiger partial charge in [-0.3, -0.25) is 4.79 Å². The highest BCUT2D eigenvalue weighted by Crippen LogP contribution is 2.30. The standard InChI is InChI=1S/C16H21N3O4/c20-12-18-5-7-19(8-6-18)16(21)17-4-3-13-1-2-14-15(11-13)23-10-9-22-14/h1-2,11-12H,3-10H2,(H,17,21). The molecule has 3 rings (SSSR count). The number of carbonyl (C=O) groups is 2. The van der Waals surface area contributed by atoms with Crippen LogP contribution in [-0.4, -0.2) is 68.2 Å². The zero-order valence-electron chi connectivity index (χ0n) is 13.0. The summed E-state index contributed by atoms with van der Waals surface area (Å²) in [5, 5.41) is 2.92. The van der Waals surface area contributed by atoms with E-state index in [1.165, 1.54) is 0 Å². The fourth-order valence-electron chi connectivity index (χ4n) is 2.70. The molecule has 0 aliphatic carbocycles. The molecule has 23 heavy (non-hydrogen) atoms. The van der Waals surface area contributed by atoms with E-state index in [9.17, 15) is 9.59 Å². The van der Waals surface area contributed by atoms with Crippen LogP contribution in [0.2, 0.25) is 0 Å². The van der Waals surface area contributed by atoms with Crippen LogP contribution in [0.25, 0.3) is 0 Å². The van der Waals surface area contributed by atoms with Crippen molar-refractivity contribution in [2.45, 2.75) is 6.42 Å². The Morgan fingerprint density at radius 1 is 1.13 bits per heavy atom. The van der Waals surface area contributed by atoms with Crippen LogP contribution in [0.4, 0.5) is 4.79 Å². The van der Waals surface area contributed by atoms with Crippen LogP contribution in [-0.2, 0) is 11.2 Å². The molecule has 0 spiro atoms. The van der Waals surface area contributed by atoms with Crippen LogP contribution in [0.3, 0.4) is 0 Å². The molecule has 0 aromatic heterocycles. The Balaban J connectivity index is 1.44. The highest BCUT2D eigenvalue weighted by molar-refractivity contribution is 5.74. The molecule has 1 aromatic rings. The van der Waals surface area contributed by atoms with E-state index in [4.69, 9.17) is 9.47 Å². The fraction of sp³-hybridized carbons (Fsp3) is 0.500. The lowest BCUT2D eigenvalue weighted by atomic mass is 10.1. The van der Waals surface area contributed by atoms with Crippen molar-refractivity contribution in [1.82, 2.24) is 15.1 Å². The van der Waals surface area contributed by atoms with Crippen LogP contribution in [0.5, 0.6) is 11.5 Å². The number of piperazine rings is 1. The Labute approximate surface area is 135 Å². The first-order valence-corrected chi connectivity index (χ1v) is 7.87. The van der Waals surface area contributed by atoms with E-state index in [1.807, 2.05) is 18.2 Å². The minimum atomic E-state index is -0.0758. The molecule has 3 amide bonds. The summed E-state index contributed by atoms with van der Waals surface area (Å²) in [6.07, 6.45) is 1.56. The summed E-state index contributed by atoms with van der Waals surface area (Å²) in [5.41, 5.74) is 1.10. The molecule has 124 valence electrons. The van der Waals surface area contributed by atoms with Gasteiger partial charge in [0.25, 0.3) is 0 Å². The second-order valence-corrected chi connectivity index (χ2v) is 5.59. The third-order valence-electron chi connectivity index (χ3n) is 4.05. The van der Waals surface area contributed by atoms with Crippen LogP contribution in [0.1, 0.15) is 5.56 Å². The molecule has 0 radical (unpaired) electrons. The van der Waals surface area contributed by atoms with Gasteiger partial charge in [0.05, 0.1) is 0 Å². The number of nitrogens with zero attached hydrogens (tertiary/aromatic N) is 2. The molecule has 1 saturated heterocycles. The molecule has 2 heterocycles. The maximum Gasteiger partial charge on any atom is 0.317 e. The summed E-state index contributed by atoms with van der Waals surface area (Å²) in [4.78, 5) is 26.2. The molecular weight excluding hydrogens is 298 g/mol. The lowest BCUT2D eigenvalue weighted by Crippen LogP contribution is -2.51. The SMILES string of the molecule is O=CN1CCN(C(=O)NCCc2ccc3c(c2)OCCO3)CC1. The van der Waals surface area contributed by atoms with Crippen LogP contribution in [0.15, 0.2) is 18.2 Å². The van der Waals surface area contributed by atoms with Crippen molar-refractivity contribution in [3.63, 3.8) is 0 Å². The normalized spacial score (nSPS) is 16.9. The summed E-state index contributed by atoms with van der Waals surface area (Å²) in [7, 11) is 0. The van der Waals surface area contributed by atoms with Crippen molar-refractivity contribution >= 4 is 12.4 Å². The van der Waals surface area contributed by atoms with Gasteiger partial charge in [0.15, 0.2) is 11.5 Å². The van der Waals surface area contributed by atoms with E-state index in [-0.39, 0.29) is 6.03 Å². The average Bonchev–Trinajstić information content (AvgIpc) is 2.61. The van der Waals surface area contributed by atoms with E-state index in [2.05, 4.69) is 5.32 Å². The monoisotopic (exact) mass is 319 g/mol. The Bertz CT molecular complexity index is 570. The summed E-state index contributed by atoms with van der Waals surface area (Å²) >= 11 is 0. The van der Waals surface area contributed by atoms with Crippen LogP contribution < -0.4 is 14.8 Å². The van der Waals surface area contributed by atoms with Gasteiger partial charge in [-0.05, 0) is 24.1 Å². The number of rotatable bonds is 4. The summed E-state index contributed by atoms with van der Waals surface area (Å²) in [6.45, 7) is 4.06. The summed E-state index contributed by atoms with van der Waals surface area (Å²) in [6, 6.07) is 5.78. The number of benzene rings is 1. The zero-order valence-corrected chi connectivity index (χ0v) is 13.0. The van der Waals surface area contributed by atoms with E-state index in [1.54, 1.807) is 9.80 Å². The van der Waals surface area contributed by atoms with Gasteiger partial charge in [0, 0.05) is 32.7 Å². The van der Waals surface area contributed by atoms with Crippen molar-refractivity contribution in [1.29, 1.82) is 0 Å². The van der Waals surface area contributed by atoms with Gasteiger partial charge in [-0.15, -0.1) is 0 Å². The van der Waals surface area contributed by atoms with Gasteiger partial charge in [-0.1, -0.05) is 6.07 Å². The molecule has 0 atom stereocenters. The van der Waals surface area contributed by atoms with Crippen molar-refractivity contribution in [2.24, 2.45) is 0 Å². The minimum absolute atomic E-state index is 0.0758. The van der Waals surface area contributed by atoms with Crippen LogP contribution in [0, 0.1) is 0 Å². The Morgan fingerprint density at radius 2 is 1.87 bits per heavy atom. The number of carbonyl (C=O) groups excluding carboxylic acids is 2. The first kappa shape index (κ1) is 15.5. The third-order valence-corrected chi connectivity index (χ3v) is 4.05. The first-order valence-electron chi connectivity index (χ1n) is 7.87. The van der Waals surface area contributed by atoms with Crippen molar-refractivity contribution in [2.75, 3.05) is 45.9 Å². The molecule has 1 N–H and O–H groups in total. The predicted molar refractivity (Wildman–Crippen MR) is 83.7 cm³/mol. The maximum atomic E-state index is 12.1. The molecule has 1 fully saturated rings. The predicted octanol–water partition coefficient (Wildman–Crippen LogP) is 0.484. The number of ether oxygens (including phenoxy) is 2. The molecule has 0 unspecified atom stereocenters. The molecule has 2 aliphatic heterocycles. The van der Waals surface area contributed by atoms with E-state index < -0.39 is 0 Å². The molecule has 1 aromatic carbocycles. The average molecular weight is 319 g/mol. The number of fused-ring (bicyclic) bond motifs is 1. The zero-order chi connectivity index (χ0) is 16.1. The van der Waals surface area contributed by atoms with Crippen molar-refractivity contribution < 1.29 is 19.1 Å². The second-order valence-electron chi connectivity index (χ2n) is 5.59. The fourth-order valence-corrected chi connectivity index (χ4v) is 2.70. The van der Waals surface area contributed by atoms with Crippen LogP contribution >= 0.6 is 0 Å². The minimum Gasteiger partial charge on any atom is -0.486 e. The highest BCUT2D eigenvalue weighted by Gasteiger charge is 2.19. The van der Waals surface area contributed by atoms with Gasteiger partial charge in [-0.25, -0.2) is 4.79 Å². The molecule has 7 nitrogen and oxygen atoms in total. The molecule has 0 bridgehead atoms. The summed E-state index contributed by atoms with van der Waals surface area (Å²) in [5.74, 6) is 1.54. The molecular formula is C16H21N3O4. The quantitative estimate of drug-likeness (QED) is 0.820. The number of amides is 3. The highest BCUT2D eigenvalue weighted by atomic mass is 16.6. The number of urea groups is 1. The van der Waals surface area contributed by atoms with E-state index in [0.29, 0.717) is 45.9 Å². The topological polar surface area (TPSA) is 71.1 Å². The smallest absolute Gasteiger partial charge is 0.317 e. The molecule has 2 aliphatic rings. The lowest BCUT2D eigenvalue weighted by Gasteiger charge is -2.32. The van der Waals surface area contributed by atoms with Crippen molar-refractivity contribution in [3.05, 3.63) is 23.8 Å². The Hall–Kier alpha value is -2.44. The number of hydrogen-bond donors (Lipinski definition) is 1. The van der Waals surface area contributed by atoms with E-state index in [0.717, 1.165) is 29.9 Å².